The van der Waals surface area contributed by atoms with Crippen LogP contribution in [0.5, 0.6) is 0 Å². The minimum atomic E-state index is -0.258. The molecule has 0 aromatic heterocycles. The van der Waals surface area contributed by atoms with Crippen molar-refractivity contribution in [1.29, 1.82) is 0 Å². The van der Waals surface area contributed by atoms with Crippen LogP contribution in [-0.2, 0) is 0 Å². The molecule has 1 N–H and O–H groups in total. The Bertz CT molecular complexity index is 709. The van der Waals surface area contributed by atoms with Crippen molar-refractivity contribution in [3.05, 3.63) is 64.5 Å². The summed E-state index contributed by atoms with van der Waals surface area (Å²) in [6.45, 7) is 3.96. The first-order valence-corrected chi connectivity index (χ1v) is 8.33. The van der Waals surface area contributed by atoms with Crippen molar-refractivity contribution in [3.63, 3.8) is 0 Å². The summed E-state index contributed by atoms with van der Waals surface area (Å²) in [5.41, 5.74) is 3.68. The first kappa shape index (κ1) is 15.1. The molecular formula is C18H18FNOS. The zero-order valence-electron chi connectivity index (χ0n) is 12.7. The molecule has 1 amide bonds. The summed E-state index contributed by atoms with van der Waals surface area (Å²) in [5.74, 6) is 0.571. The summed E-state index contributed by atoms with van der Waals surface area (Å²) in [6.07, 6.45) is 0.817. The van der Waals surface area contributed by atoms with Crippen molar-refractivity contribution < 1.29 is 9.18 Å². The molecule has 4 heteroatoms. The highest BCUT2D eigenvalue weighted by Crippen LogP contribution is 2.36. The fourth-order valence-corrected chi connectivity index (χ4v) is 3.97. The molecule has 2 aromatic carbocycles. The first-order valence-electron chi connectivity index (χ1n) is 7.34. The van der Waals surface area contributed by atoms with Crippen LogP contribution in [0.15, 0.2) is 41.3 Å². The van der Waals surface area contributed by atoms with Gasteiger partial charge in [-0.25, -0.2) is 4.39 Å². The van der Waals surface area contributed by atoms with E-state index in [4.69, 9.17) is 0 Å². The molecule has 0 aliphatic carbocycles. The van der Waals surface area contributed by atoms with Crippen molar-refractivity contribution in [1.82, 2.24) is 5.32 Å². The molecule has 0 spiro atoms. The van der Waals surface area contributed by atoms with E-state index in [0.717, 1.165) is 33.8 Å². The van der Waals surface area contributed by atoms with Crippen LogP contribution in [0.25, 0.3) is 0 Å². The van der Waals surface area contributed by atoms with Crippen molar-refractivity contribution in [2.45, 2.75) is 31.2 Å². The van der Waals surface area contributed by atoms with Gasteiger partial charge in [-0.1, -0.05) is 17.2 Å². The number of fused-ring (bicyclic) bond motifs is 1. The van der Waals surface area contributed by atoms with E-state index < -0.39 is 0 Å². The summed E-state index contributed by atoms with van der Waals surface area (Å²) >= 11 is 1.71. The minimum absolute atomic E-state index is 0.0982. The van der Waals surface area contributed by atoms with Crippen LogP contribution in [0.4, 0.5) is 4.39 Å². The Labute approximate surface area is 134 Å². The Morgan fingerprint density at radius 3 is 2.64 bits per heavy atom. The van der Waals surface area contributed by atoms with Gasteiger partial charge < -0.3 is 5.32 Å². The molecule has 114 valence electrons. The van der Waals surface area contributed by atoms with Crippen LogP contribution in [0, 0.1) is 19.7 Å². The van der Waals surface area contributed by atoms with Gasteiger partial charge in [0.1, 0.15) is 5.82 Å². The van der Waals surface area contributed by atoms with Gasteiger partial charge in [0.2, 0.25) is 0 Å². The number of thioether (sulfide) groups is 1. The third-order valence-electron chi connectivity index (χ3n) is 3.80. The van der Waals surface area contributed by atoms with Gasteiger partial charge in [-0.15, -0.1) is 11.8 Å². The summed E-state index contributed by atoms with van der Waals surface area (Å²) in [7, 11) is 0. The Kier molecular flexibility index (Phi) is 4.21. The number of carbonyl (C=O) groups is 1. The number of hydrogen-bond donors (Lipinski definition) is 1. The normalized spacial score (nSPS) is 17.0. The van der Waals surface area contributed by atoms with Gasteiger partial charge in [0.25, 0.3) is 5.91 Å². The van der Waals surface area contributed by atoms with E-state index in [9.17, 15) is 9.18 Å². The molecule has 1 heterocycles. The number of carbonyl (C=O) groups excluding carboxylic acids is 1. The lowest BCUT2D eigenvalue weighted by Gasteiger charge is -2.26. The Morgan fingerprint density at radius 2 is 1.91 bits per heavy atom. The van der Waals surface area contributed by atoms with Gasteiger partial charge in [0.15, 0.2) is 0 Å². The second kappa shape index (κ2) is 6.13. The lowest BCUT2D eigenvalue weighted by Crippen LogP contribution is -2.30. The molecule has 0 saturated carbocycles. The fourth-order valence-electron chi connectivity index (χ4n) is 2.86. The summed E-state index contributed by atoms with van der Waals surface area (Å²) in [4.78, 5) is 13.6. The molecule has 1 atom stereocenters. The summed E-state index contributed by atoms with van der Waals surface area (Å²) in [6, 6.07) is 10.5. The van der Waals surface area contributed by atoms with Crippen LogP contribution in [0.2, 0.25) is 0 Å². The second-order valence-corrected chi connectivity index (χ2v) is 6.86. The topological polar surface area (TPSA) is 29.1 Å². The van der Waals surface area contributed by atoms with E-state index in [2.05, 4.69) is 5.32 Å². The van der Waals surface area contributed by atoms with E-state index in [-0.39, 0.29) is 17.8 Å². The number of rotatable bonds is 2. The smallest absolute Gasteiger partial charge is 0.251 e. The molecule has 2 aromatic rings. The predicted octanol–water partition coefficient (Wildman–Crippen LogP) is 4.41. The lowest BCUT2D eigenvalue weighted by molar-refractivity contribution is 0.0934. The number of halogens is 1. The number of nitrogens with one attached hydrogen (secondary N) is 1. The van der Waals surface area contributed by atoms with Gasteiger partial charge in [-0.2, -0.15) is 0 Å². The van der Waals surface area contributed by atoms with Gasteiger partial charge in [0.05, 0.1) is 6.04 Å². The molecule has 2 nitrogen and oxygen atoms in total. The van der Waals surface area contributed by atoms with Crippen LogP contribution < -0.4 is 5.32 Å². The second-order valence-electron chi connectivity index (χ2n) is 5.72. The average Bonchev–Trinajstić information content (AvgIpc) is 2.47. The van der Waals surface area contributed by atoms with E-state index in [1.54, 1.807) is 17.8 Å². The Hall–Kier alpha value is -1.81. The van der Waals surface area contributed by atoms with Crippen LogP contribution >= 0.6 is 11.8 Å². The van der Waals surface area contributed by atoms with Crippen molar-refractivity contribution >= 4 is 17.7 Å². The van der Waals surface area contributed by atoms with Crippen LogP contribution in [0.1, 0.15) is 39.5 Å². The standard InChI is InChI=1S/C18H18FNOS/c1-11-7-12(2)9-13(8-11)18(21)20-16-5-6-22-17-4-3-14(19)10-15(16)17/h3-4,7-10,16H,5-6H2,1-2H3,(H,20,21)/t16-/m1/s1. The average molecular weight is 315 g/mol. The Balaban J connectivity index is 1.85. The van der Waals surface area contributed by atoms with E-state index >= 15 is 0 Å². The highest BCUT2D eigenvalue weighted by atomic mass is 32.2. The third kappa shape index (κ3) is 3.17. The summed E-state index contributed by atoms with van der Waals surface area (Å²) < 4.78 is 13.5. The SMILES string of the molecule is Cc1cc(C)cc(C(=O)N[C@@H]2CCSc3ccc(F)cc32)c1. The maximum atomic E-state index is 13.5. The zero-order valence-corrected chi connectivity index (χ0v) is 13.5. The zero-order chi connectivity index (χ0) is 15.7. The largest absolute Gasteiger partial charge is 0.345 e. The van der Waals surface area contributed by atoms with Gasteiger partial charge in [0, 0.05) is 16.2 Å². The Morgan fingerprint density at radius 1 is 1.18 bits per heavy atom. The summed E-state index contributed by atoms with van der Waals surface area (Å²) in [5, 5.41) is 3.05. The fraction of sp³-hybridized carbons (Fsp3) is 0.278. The molecule has 1 aliphatic heterocycles. The minimum Gasteiger partial charge on any atom is -0.345 e. The highest BCUT2D eigenvalue weighted by Gasteiger charge is 2.23. The monoisotopic (exact) mass is 315 g/mol. The molecule has 0 unspecified atom stereocenters. The van der Waals surface area contributed by atoms with Crippen molar-refractivity contribution in [2.75, 3.05) is 5.75 Å². The maximum absolute atomic E-state index is 13.5. The highest BCUT2D eigenvalue weighted by molar-refractivity contribution is 7.99. The van der Waals surface area contributed by atoms with Gasteiger partial charge >= 0.3 is 0 Å². The number of amides is 1. The molecule has 0 radical (unpaired) electrons. The van der Waals surface area contributed by atoms with Gasteiger partial charge in [-0.3, -0.25) is 4.79 Å². The molecule has 0 fully saturated rings. The molecule has 1 aliphatic rings. The van der Waals surface area contributed by atoms with Crippen molar-refractivity contribution in [3.8, 4) is 0 Å². The maximum Gasteiger partial charge on any atom is 0.251 e. The first-order chi connectivity index (χ1) is 10.5. The van der Waals surface area contributed by atoms with E-state index in [1.807, 2.05) is 32.0 Å². The molecule has 3 rings (SSSR count). The molecule has 0 saturated heterocycles. The van der Waals surface area contributed by atoms with Crippen LogP contribution in [-0.4, -0.2) is 11.7 Å². The quantitative estimate of drug-likeness (QED) is 0.889. The molecular weight excluding hydrogens is 297 g/mol. The number of aryl methyl sites for hydroxylation is 2. The van der Waals surface area contributed by atoms with E-state index in [0.29, 0.717) is 5.56 Å². The third-order valence-corrected chi connectivity index (χ3v) is 4.92. The molecule has 22 heavy (non-hydrogen) atoms. The van der Waals surface area contributed by atoms with E-state index in [1.165, 1.54) is 12.1 Å². The predicted molar refractivity (Wildman–Crippen MR) is 87.9 cm³/mol. The van der Waals surface area contributed by atoms with Gasteiger partial charge in [-0.05, 0) is 56.2 Å². The molecule has 0 bridgehead atoms. The number of hydrogen-bond acceptors (Lipinski definition) is 2. The van der Waals surface area contributed by atoms with Crippen molar-refractivity contribution in [2.24, 2.45) is 0 Å². The van der Waals surface area contributed by atoms with Crippen LogP contribution in [0.3, 0.4) is 0 Å². The number of benzene rings is 2. The lowest BCUT2D eigenvalue weighted by atomic mass is 10.0.